The zero-order valence-corrected chi connectivity index (χ0v) is 15.7. The number of rotatable bonds is 6. The third kappa shape index (κ3) is 4.99. The molecule has 0 aliphatic carbocycles. The maximum absolute atomic E-state index is 12.2. The Morgan fingerprint density at radius 1 is 1.19 bits per heavy atom. The topological polar surface area (TPSA) is 51.2 Å². The first kappa shape index (κ1) is 18.7. The van der Waals surface area contributed by atoms with Crippen LogP contribution in [0.2, 0.25) is 0 Å². The predicted octanol–water partition coefficient (Wildman–Crippen LogP) is 2.08. The van der Waals surface area contributed by atoms with E-state index >= 15 is 0 Å². The number of methoxy groups -OCH3 is 1. The van der Waals surface area contributed by atoms with Gasteiger partial charge in [0.2, 0.25) is 0 Å². The number of carbonyl (C=O) groups is 1. The van der Waals surface area contributed by atoms with E-state index in [1.807, 2.05) is 18.2 Å². The van der Waals surface area contributed by atoms with E-state index in [0.717, 1.165) is 26.1 Å². The second-order valence-electron chi connectivity index (χ2n) is 6.80. The molecule has 1 amide bonds. The lowest BCUT2D eigenvalue weighted by atomic mass is 10.1. The molecule has 3 rings (SSSR count). The molecule has 0 radical (unpaired) electrons. The smallest absolute Gasteiger partial charge is 0.260 e. The summed E-state index contributed by atoms with van der Waals surface area (Å²) in [5.41, 5.74) is 2.65. The highest BCUT2D eigenvalue weighted by atomic mass is 16.5. The third-order valence-electron chi connectivity index (χ3n) is 4.87. The fourth-order valence-corrected chi connectivity index (χ4v) is 3.19. The summed E-state index contributed by atoms with van der Waals surface area (Å²) in [6.07, 6.45) is 3.41. The van der Waals surface area contributed by atoms with Crippen molar-refractivity contribution in [3.63, 3.8) is 0 Å². The summed E-state index contributed by atoms with van der Waals surface area (Å²) in [6.45, 7) is 7.59. The van der Waals surface area contributed by atoms with Crippen LogP contribution >= 0.6 is 0 Å². The molecule has 1 saturated heterocycles. The number of hydrogen-bond donors (Lipinski definition) is 0. The van der Waals surface area contributed by atoms with Crippen LogP contribution in [0.1, 0.15) is 18.9 Å². The largest absolute Gasteiger partial charge is 0.493 e. The number of hydrogen-bond acceptors (Lipinski definition) is 5. The number of morpholine rings is 1. The maximum atomic E-state index is 12.2. The molecule has 1 aromatic carbocycles. The van der Waals surface area contributed by atoms with E-state index in [9.17, 15) is 4.79 Å². The van der Waals surface area contributed by atoms with Gasteiger partial charge in [0.05, 0.1) is 20.3 Å². The van der Waals surface area contributed by atoms with Crippen LogP contribution in [0.5, 0.6) is 11.5 Å². The summed E-state index contributed by atoms with van der Waals surface area (Å²) in [4.78, 5) is 16.4. The van der Waals surface area contributed by atoms with Gasteiger partial charge in [-0.2, -0.15) is 0 Å². The fraction of sp³-hybridized carbons (Fsp3) is 0.550. The Labute approximate surface area is 155 Å². The molecule has 0 atom stereocenters. The quantitative estimate of drug-likeness (QED) is 0.727. The van der Waals surface area contributed by atoms with Crippen LogP contribution in [0.15, 0.2) is 29.8 Å². The number of amides is 1. The average molecular weight is 360 g/mol. The van der Waals surface area contributed by atoms with Crippen LogP contribution in [0, 0.1) is 0 Å². The summed E-state index contributed by atoms with van der Waals surface area (Å²) in [6, 6.07) is 5.94. The van der Waals surface area contributed by atoms with Crippen LogP contribution in [-0.4, -0.2) is 68.8 Å². The Morgan fingerprint density at radius 2 is 2.00 bits per heavy atom. The number of benzene rings is 1. The molecular weight excluding hydrogens is 332 g/mol. The summed E-state index contributed by atoms with van der Waals surface area (Å²) >= 11 is 0. The van der Waals surface area contributed by atoms with Gasteiger partial charge in [-0.3, -0.25) is 9.69 Å². The van der Waals surface area contributed by atoms with Gasteiger partial charge in [0.25, 0.3) is 5.91 Å². The van der Waals surface area contributed by atoms with E-state index in [0.29, 0.717) is 37.8 Å². The van der Waals surface area contributed by atoms with Crippen LogP contribution in [0.3, 0.4) is 0 Å². The number of nitrogens with zero attached hydrogens (tertiary/aromatic N) is 2. The summed E-state index contributed by atoms with van der Waals surface area (Å²) in [5, 5.41) is 0. The highest BCUT2D eigenvalue weighted by Crippen LogP contribution is 2.29. The van der Waals surface area contributed by atoms with Crippen molar-refractivity contribution in [1.82, 2.24) is 9.80 Å². The molecule has 0 N–H and O–H groups in total. The van der Waals surface area contributed by atoms with Gasteiger partial charge < -0.3 is 19.1 Å². The first-order chi connectivity index (χ1) is 12.7. The molecule has 2 aliphatic heterocycles. The van der Waals surface area contributed by atoms with Crippen molar-refractivity contribution < 1.29 is 19.0 Å². The normalized spacial score (nSPS) is 18.4. The van der Waals surface area contributed by atoms with Crippen LogP contribution in [-0.2, 0) is 16.1 Å². The molecule has 6 heteroatoms. The molecule has 0 saturated carbocycles. The Balaban J connectivity index is 1.57. The van der Waals surface area contributed by atoms with Gasteiger partial charge in [0.1, 0.15) is 0 Å². The van der Waals surface area contributed by atoms with Crippen molar-refractivity contribution in [3.05, 3.63) is 35.4 Å². The molecule has 0 bridgehead atoms. The fourth-order valence-electron chi connectivity index (χ4n) is 3.19. The predicted molar refractivity (Wildman–Crippen MR) is 99.5 cm³/mol. The van der Waals surface area contributed by atoms with Crippen molar-refractivity contribution in [2.75, 3.05) is 53.1 Å². The SMILES string of the molecule is COc1cc(CN2CC=C(C)CC2)ccc1OCC(=O)N1CCOCC1. The average Bonchev–Trinajstić information content (AvgIpc) is 2.69. The second-order valence-corrected chi connectivity index (χ2v) is 6.80. The highest BCUT2D eigenvalue weighted by molar-refractivity contribution is 5.78. The second kappa shape index (κ2) is 9.05. The van der Waals surface area contributed by atoms with E-state index < -0.39 is 0 Å². The number of carbonyl (C=O) groups excluding carboxylic acids is 1. The molecule has 0 unspecified atom stereocenters. The molecule has 6 nitrogen and oxygen atoms in total. The monoisotopic (exact) mass is 360 g/mol. The van der Waals surface area contributed by atoms with Gasteiger partial charge >= 0.3 is 0 Å². The van der Waals surface area contributed by atoms with Gasteiger partial charge in [-0.15, -0.1) is 0 Å². The van der Waals surface area contributed by atoms with E-state index in [4.69, 9.17) is 14.2 Å². The minimum atomic E-state index is -0.0186. The molecule has 1 fully saturated rings. The van der Waals surface area contributed by atoms with Gasteiger partial charge in [-0.25, -0.2) is 0 Å². The van der Waals surface area contributed by atoms with Crippen molar-refractivity contribution in [2.45, 2.75) is 19.9 Å². The van der Waals surface area contributed by atoms with Gasteiger partial charge in [0.15, 0.2) is 18.1 Å². The molecule has 0 aromatic heterocycles. The lowest BCUT2D eigenvalue weighted by Gasteiger charge is -2.27. The number of ether oxygens (including phenoxy) is 3. The summed E-state index contributed by atoms with van der Waals surface area (Å²) in [7, 11) is 1.63. The highest BCUT2D eigenvalue weighted by Gasteiger charge is 2.18. The molecular formula is C20H28N2O4. The van der Waals surface area contributed by atoms with E-state index in [1.54, 1.807) is 12.0 Å². The first-order valence-electron chi connectivity index (χ1n) is 9.19. The lowest BCUT2D eigenvalue weighted by Crippen LogP contribution is -2.43. The van der Waals surface area contributed by atoms with Gasteiger partial charge in [-0.05, 0) is 31.0 Å². The molecule has 2 heterocycles. The molecule has 26 heavy (non-hydrogen) atoms. The van der Waals surface area contributed by atoms with Gasteiger partial charge in [-0.1, -0.05) is 17.7 Å². The zero-order valence-electron chi connectivity index (χ0n) is 15.7. The Bertz CT molecular complexity index is 653. The van der Waals surface area contributed by atoms with E-state index in [-0.39, 0.29) is 12.5 Å². The molecule has 2 aliphatic rings. The van der Waals surface area contributed by atoms with Crippen molar-refractivity contribution in [1.29, 1.82) is 0 Å². The van der Waals surface area contributed by atoms with Crippen LogP contribution in [0.25, 0.3) is 0 Å². The summed E-state index contributed by atoms with van der Waals surface area (Å²) in [5.74, 6) is 1.25. The maximum Gasteiger partial charge on any atom is 0.260 e. The lowest BCUT2D eigenvalue weighted by molar-refractivity contribution is -0.137. The third-order valence-corrected chi connectivity index (χ3v) is 4.87. The Kier molecular flexibility index (Phi) is 6.52. The van der Waals surface area contributed by atoms with Gasteiger partial charge in [0, 0.05) is 32.7 Å². The Morgan fingerprint density at radius 3 is 2.69 bits per heavy atom. The van der Waals surface area contributed by atoms with Crippen molar-refractivity contribution >= 4 is 5.91 Å². The van der Waals surface area contributed by atoms with E-state index in [1.165, 1.54) is 11.1 Å². The van der Waals surface area contributed by atoms with E-state index in [2.05, 4.69) is 17.9 Å². The summed E-state index contributed by atoms with van der Waals surface area (Å²) < 4.78 is 16.5. The zero-order chi connectivity index (χ0) is 18.4. The molecule has 0 spiro atoms. The van der Waals surface area contributed by atoms with Crippen molar-refractivity contribution in [3.8, 4) is 11.5 Å². The van der Waals surface area contributed by atoms with Crippen LogP contribution < -0.4 is 9.47 Å². The first-order valence-corrected chi connectivity index (χ1v) is 9.19. The minimum Gasteiger partial charge on any atom is -0.493 e. The molecule has 142 valence electrons. The standard InChI is InChI=1S/C20H28N2O4/c1-16-5-7-21(8-6-16)14-17-3-4-18(19(13-17)24-2)26-15-20(23)22-9-11-25-12-10-22/h3-5,13H,6-12,14-15H2,1-2H3. The van der Waals surface area contributed by atoms with Crippen molar-refractivity contribution in [2.24, 2.45) is 0 Å². The Hall–Kier alpha value is -2.05. The minimum absolute atomic E-state index is 0.0186. The molecule has 1 aromatic rings. The van der Waals surface area contributed by atoms with Crippen LogP contribution in [0.4, 0.5) is 0 Å².